The summed E-state index contributed by atoms with van der Waals surface area (Å²) in [6.07, 6.45) is 3.91. The molecule has 0 aromatic carbocycles. The summed E-state index contributed by atoms with van der Waals surface area (Å²) in [5.74, 6) is 0.320. The average Bonchev–Trinajstić information content (AvgIpc) is 2.77. The van der Waals surface area contributed by atoms with Crippen LogP contribution in [0.15, 0.2) is 22.6 Å². The van der Waals surface area contributed by atoms with Gasteiger partial charge in [-0.25, -0.2) is 5.43 Å². The molecule has 0 unspecified atom stereocenters. The molecule has 0 atom stereocenters. The number of carbonyl (C=O) groups excluding carboxylic acids is 1. The number of hydrazone groups is 1. The van der Waals surface area contributed by atoms with Gasteiger partial charge in [0.1, 0.15) is 0 Å². The molecule has 0 bridgehead atoms. The molecule has 15 heavy (non-hydrogen) atoms. The fraction of sp³-hybridized carbons (Fsp3) is 0.455. The van der Waals surface area contributed by atoms with Crippen LogP contribution in [0.25, 0.3) is 0 Å². The summed E-state index contributed by atoms with van der Waals surface area (Å²) in [5.41, 5.74) is 2.53. The van der Waals surface area contributed by atoms with Gasteiger partial charge in [-0.05, 0) is 30.2 Å². The Morgan fingerprint density at radius 1 is 1.60 bits per heavy atom. The summed E-state index contributed by atoms with van der Waals surface area (Å²) in [5, 5.41) is 5.83. The van der Waals surface area contributed by atoms with Crippen molar-refractivity contribution >= 4 is 23.5 Å². The van der Waals surface area contributed by atoms with Crippen LogP contribution in [0.5, 0.6) is 0 Å². The Hall–Kier alpha value is -1.16. The Balaban J connectivity index is 2.40. The summed E-state index contributed by atoms with van der Waals surface area (Å²) in [6, 6.07) is 3.64. The van der Waals surface area contributed by atoms with E-state index in [4.69, 9.17) is 0 Å². The van der Waals surface area contributed by atoms with E-state index in [-0.39, 0.29) is 5.91 Å². The van der Waals surface area contributed by atoms with E-state index in [0.29, 0.717) is 10.8 Å². The molecular weight excluding hydrogens is 208 g/mol. The average molecular weight is 224 g/mol. The molecule has 0 fully saturated rings. The van der Waals surface area contributed by atoms with Crippen LogP contribution in [0.4, 0.5) is 0 Å². The summed E-state index contributed by atoms with van der Waals surface area (Å²) in [7, 11) is 0. The lowest BCUT2D eigenvalue weighted by Crippen LogP contribution is -2.17. The highest BCUT2D eigenvalue weighted by molar-refractivity contribution is 7.12. The zero-order valence-electron chi connectivity index (χ0n) is 9.06. The lowest BCUT2D eigenvalue weighted by Gasteiger charge is -2.03. The lowest BCUT2D eigenvalue weighted by atomic mass is 10.1. The first-order chi connectivity index (χ1) is 7.27. The monoisotopic (exact) mass is 224 g/mol. The predicted molar refractivity (Wildman–Crippen MR) is 64.3 cm³/mol. The van der Waals surface area contributed by atoms with E-state index in [9.17, 15) is 4.79 Å². The first-order valence-electron chi connectivity index (χ1n) is 5.15. The molecule has 0 radical (unpaired) electrons. The van der Waals surface area contributed by atoms with Gasteiger partial charge in [-0.15, -0.1) is 11.3 Å². The minimum atomic E-state index is -0.132. The fourth-order valence-corrected chi connectivity index (χ4v) is 1.78. The number of nitrogens with one attached hydrogen (secondary N) is 1. The molecule has 1 aromatic heterocycles. The molecular formula is C11H16N2OS. The van der Waals surface area contributed by atoms with Crippen molar-refractivity contribution in [3.05, 3.63) is 22.4 Å². The van der Waals surface area contributed by atoms with E-state index in [1.165, 1.54) is 11.3 Å². The van der Waals surface area contributed by atoms with E-state index in [1.54, 1.807) is 6.07 Å². The highest BCUT2D eigenvalue weighted by Crippen LogP contribution is 2.07. The second-order valence-corrected chi connectivity index (χ2v) is 4.22. The van der Waals surface area contributed by atoms with E-state index in [0.717, 1.165) is 12.8 Å². The van der Waals surface area contributed by atoms with Gasteiger partial charge in [-0.3, -0.25) is 4.79 Å². The molecule has 0 aliphatic heterocycles. The Morgan fingerprint density at radius 3 is 2.87 bits per heavy atom. The number of amides is 1. The third-order valence-corrected chi connectivity index (χ3v) is 3.11. The third-order valence-electron chi connectivity index (χ3n) is 2.25. The Kier molecular flexibility index (Phi) is 5.04. The van der Waals surface area contributed by atoms with Gasteiger partial charge in [-0.1, -0.05) is 19.9 Å². The summed E-state index contributed by atoms with van der Waals surface area (Å²) in [4.78, 5) is 12.1. The molecule has 0 aliphatic rings. The van der Waals surface area contributed by atoms with E-state index >= 15 is 0 Å². The smallest absolute Gasteiger partial charge is 0.266 e. The molecule has 1 rings (SSSR count). The Labute approximate surface area is 94.2 Å². The molecule has 1 N–H and O–H groups in total. The molecule has 82 valence electrons. The number of hydrogen-bond acceptors (Lipinski definition) is 3. The quantitative estimate of drug-likeness (QED) is 0.606. The molecule has 1 amide bonds. The van der Waals surface area contributed by atoms with Crippen LogP contribution in [-0.4, -0.2) is 12.1 Å². The zero-order chi connectivity index (χ0) is 11.1. The number of thiophene rings is 1. The minimum Gasteiger partial charge on any atom is -0.266 e. The lowest BCUT2D eigenvalue weighted by molar-refractivity contribution is 0.0959. The fourth-order valence-electron chi connectivity index (χ4n) is 1.16. The van der Waals surface area contributed by atoms with Crippen molar-refractivity contribution in [3.63, 3.8) is 0 Å². The maximum absolute atomic E-state index is 11.4. The number of rotatable bonds is 5. The molecule has 0 aliphatic carbocycles. The number of hydrogen-bond donors (Lipinski definition) is 1. The maximum Gasteiger partial charge on any atom is 0.281 e. The molecule has 1 aromatic rings. The topological polar surface area (TPSA) is 41.5 Å². The molecule has 4 heteroatoms. The minimum absolute atomic E-state index is 0.132. The summed E-state index contributed by atoms with van der Waals surface area (Å²) in [6.45, 7) is 4.22. The van der Waals surface area contributed by atoms with E-state index < -0.39 is 0 Å². The van der Waals surface area contributed by atoms with Crippen molar-refractivity contribution in [2.45, 2.75) is 26.7 Å². The van der Waals surface area contributed by atoms with Gasteiger partial charge in [0.25, 0.3) is 5.91 Å². The van der Waals surface area contributed by atoms with Crippen LogP contribution in [-0.2, 0) is 0 Å². The highest BCUT2D eigenvalue weighted by atomic mass is 32.1. The van der Waals surface area contributed by atoms with Crippen molar-refractivity contribution in [3.8, 4) is 0 Å². The summed E-state index contributed by atoms with van der Waals surface area (Å²) < 4.78 is 0. The van der Waals surface area contributed by atoms with Crippen LogP contribution in [0.1, 0.15) is 36.4 Å². The zero-order valence-corrected chi connectivity index (χ0v) is 9.88. The van der Waals surface area contributed by atoms with Crippen molar-refractivity contribution in [2.75, 3.05) is 0 Å². The van der Waals surface area contributed by atoms with E-state index in [2.05, 4.69) is 24.4 Å². The standard InChI is InChI=1S/C11H16N2OS/c1-3-9(4-2)8-12-13-11(14)10-6-5-7-15-10/h5-9H,3-4H2,1-2H3,(H,13,14)/b12-8+. The maximum atomic E-state index is 11.4. The second-order valence-electron chi connectivity index (χ2n) is 3.27. The van der Waals surface area contributed by atoms with Gasteiger partial charge in [0, 0.05) is 6.21 Å². The molecule has 1 heterocycles. The van der Waals surface area contributed by atoms with Crippen LogP contribution >= 0.6 is 11.3 Å². The van der Waals surface area contributed by atoms with Gasteiger partial charge in [0.15, 0.2) is 0 Å². The van der Waals surface area contributed by atoms with Crippen molar-refractivity contribution in [1.82, 2.24) is 5.43 Å². The highest BCUT2D eigenvalue weighted by Gasteiger charge is 2.04. The van der Waals surface area contributed by atoms with Crippen molar-refractivity contribution in [2.24, 2.45) is 11.0 Å². The van der Waals surface area contributed by atoms with Crippen LogP contribution in [0.3, 0.4) is 0 Å². The Bertz CT molecular complexity index is 315. The molecule has 3 nitrogen and oxygen atoms in total. The van der Waals surface area contributed by atoms with Crippen molar-refractivity contribution < 1.29 is 4.79 Å². The third kappa shape index (κ3) is 3.83. The number of carbonyl (C=O) groups is 1. The molecule has 0 saturated heterocycles. The SMILES string of the molecule is CCC(/C=N/NC(=O)c1cccs1)CC. The van der Waals surface area contributed by atoms with Crippen LogP contribution in [0, 0.1) is 5.92 Å². The Morgan fingerprint density at radius 2 is 2.33 bits per heavy atom. The summed E-state index contributed by atoms with van der Waals surface area (Å²) >= 11 is 1.42. The molecule has 0 saturated carbocycles. The van der Waals surface area contributed by atoms with E-state index in [1.807, 2.05) is 17.7 Å². The van der Waals surface area contributed by atoms with Gasteiger partial charge >= 0.3 is 0 Å². The van der Waals surface area contributed by atoms with Gasteiger partial charge in [0.05, 0.1) is 4.88 Å². The predicted octanol–water partition coefficient (Wildman–Crippen LogP) is 2.90. The van der Waals surface area contributed by atoms with Gasteiger partial charge in [-0.2, -0.15) is 5.10 Å². The normalized spacial score (nSPS) is 11.1. The van der Waals surface area contributed by atoms with Crippen LogP contribution < -0.4 is 5.43 Å². The van der Waals surface area contributed by atoms with Gasteiger partial charge < -0.3 is 0 Å². The second kappa shape index (κ2) is 6.35. The molecule has 0 spiro atoms. The first kappa shape index (κ1) is 11.9. The van der Waals surface area contributed by atoms with Crippen LogP contribution in [0.2, 0.25) is 0 Å². The number of nitrogens with zero attached hydrogens (tertiary/aromatic N) is 1. The first-order valence-corrected chi connectivity index (χ1v) is 6.02. The van der Waals surface area contributed by atoms with Gasteiger partial charge in [0.2, 0.25) is 0 Å². The largest absolute Gasteiger partial charge is 0.281 e. The van der Waals surface area contributed by atoms with Crippen molar-refractivity contribution in [1.29, 1.82) is 0 Å².